The molecule has 2 aromatic heterocycles. The summed E-state index contributed by atoms with van der Waals surface area (Å²) in [5, 5.41) is 3.98. The summed E-state index contributed by atoms with van der Waals surface area (Å²) in [4.78, 5) is 16.9. The molecule has 2 aromatic carbocycles. The zero-order chi connectivity index (χ0) is 20.2. The predicted octanol–water partition coefficient (Wildman–Crippen LogP) is 5.80. The fraction of sp³-hybridized carbons (Fsp3) is 0.120. The summed E-state index contributed by atoms with van der Waals surface area (Å²) in [7, 11) is 0. The molecule has 0 fully saturated rings. The first-order chi connectivity index (χ1) is 14.1. The highest BCUT2D eigenvalue weighted by atomic mass is 16.3. The SMILES string of the molecule is Cc1cc2occ(CC(=O)Nc3cccc(/C=C/c4ccccn4)c3)c2cc1C. The number of aryl methyl sites for hydroxylation is 2. The van der Waals surface area contributed by atoms with Gasteiger partial charge in [0.1, 0.15) is 5.58 Å². The van der Waals surface area contributed by atoms with Crippen molar-refractivity contribution in [2.75, 3.05) is 5.32 Å². The molecule has 0 aliphatic carbocycles. The van der Waals surface area contributed by atoms with E-state index in [1.54, 1.807) is 12.5 Å². The lowest BCUT2D eigenvalue weighted by Crippen LogP contribution is -2.14. The topological polar surface area (TPSA) is 55.1 Å². The van der Waals surface area contributed by atoms with Gasteiger partial charge < -0.3 is 9.73 Å². The molecule has 0 saturated carbocycles. The van der Waals surface area contributed by atoms with Crippen LogP contribution in [0.5, 0.6) is 0 Å². The van der Waals surface area contributed by atoms with Crippen LogP contribution in [0.3, 0.4) is 0 Å². The normalized spacial score (nSPS) is 11.2. The summed E-state index contributed by atoms with van der Waals surface area (Å²) in [6.45, 7) is 4.12. The predicted molar refractivity (Wildman–Crippen MR) is 118 cm³/mol. The number of anilines is 1. The second-order valence-corrected chi connectivity index (χ2v) is 7.13. The molecular formula is C25H22N2O2. The highest BCUT2D eigenvalue weighted by molar-refractivity contribution is 5.95. The number of carbonyl (C=O) groups is 1. The zero-order valence-electron chi connectivity index (χ0n) is 16.5. The van der Waals surface area contributed by atoms with Crippen molar-refractivity contribution in [3.05, 3.63) is 95.0 Å². The van der Waals surface area contributed by atoms with Crippen LogP contribution in [0.2, 0.25) is 0 Å². The molecule has 1 amide bonds. The lowest BCUT2D eigenvalue weighted by atomic mass is 10.0. The maximum Gasteiger partial charge on any atom is 0.228 e. The van der Waals surface area contributed by atoms with E-state index in [-0.39, 0.29) is 12.3 Å². The van der Waals surface area contributed by atoms with Gasteiger partial charge in [0.05, 0.1) is 18.4 Å². The molecule has 2 heterocycles. The van der Waals surface area contributed by atoms with Gasteiger partial charge in [-0.2, -0.15) is 0 Å². The Hall–Kier alpha value is -3.66. The van der Waals surface area contributed by atoms with Gasteiger partial charge >= 0.3 is 0 Å². The fourth-order valence-corrected chi connectivity index (χ4v) is 3.23. The van der Waals surface area contributed by atoms with Gasteiger partial charge in [0.2, 0.25) is 5.91 Å². The van der Waals surface area contributed by atoms with Crippen molar-refractivity contribution < 1.29 is 9.21 Å². The monoisotopic (exact) mass is 382 g/mol. The van der Waals surface area contributed by atoms with Gasteiger partial charge in [0, 0.05) is 22.8 Å². The van der Waals surface area contributed by atoms with Crippen molar-refractivity contribution in [2.24, 2.45) is 0 Å². The molecule has 144 valence electrons. The van der Waals surface area contributed by atoms with Crippen LogP contribution in [0.25, 0.3) is 23.1 Å². The number of aromatic nitrogens is 1. The van der Waals surface area contributed by atoms with E-state index in [2.05, 4.69) is 30.2 Å². The Morgan fingerprint density at radius 3 is 2.72 bits per heavy atom. The number of fused-ring (bicyclic) bond motifs is 1. The number of furan rings is 1. The van der Waals surface area contributed by atoms with Crippen LogP contribution >= 0.6 is 0 Å². The number of amides is 1. The highest BCUT2D eigenvalue weighted by Crippen LogP contribution is 2.25. The van der Waals surface area contributed by atoms with Crippen LogP contribution in [0.15, 0.2) is 71.5 Å². The first kappa shape index (κ1) is 18.7. The molecule has 0 unspecified atom stereocenters. The smallest absolute Gasteiger partial charge is 0.228 e. The van der Waals surface area contributed by atoms with Crippen LogP contribution in [0, 0.1) is 13.8 Å². The Labute approximate surface area is 169 Å². The number of nitrogens with zero attached hydrogens (tertiary/aromatic N) is 1. The second-order valence-electron chi connectivity index (χ2n) is 7.13. The van der Waals surface area contributed by atoms with Gasteiger partial charge in [-0.3, -0.25) is 9.78 Å². The van der Waals surface area contributed by atoms with E-state index in [4.69, 9.17) is 4.42 Å². The number of hydrogen-bond acceptors (Lipinski definition) is 3. The molecule has 0 bridgehead atoms. The van der Waals surface area contributed by atoms with Crippen LogP contribution < -0.4 is 5.32 Å². The average Bonchev–Trinajstić information content (AvgIpc) is 3.09. The van der Waals surface area contributed by atoms with E-state index in [9.17, 15) is 4.79 Å². The minimum Gasteiger partial charge on any atom is -0.464 e. The van der Waals surface area contributed by atoms with Crippen molar-refractivity contribution in [1.29, 1.82) is 0 Å². The number of rotatable bonds is 5. The number of hydrogen-bond donors (Lipinski definition) is 1. The molecule has 0 saturated heterocycles. The van der Waals surface area contributed by atoms with E-state index >= 15 is 0 Å². The van der Waals surface area contributed by atoms with E-state index in [1.165, 1.54) is 11.1 Å². The molecule has 4 aromatic rings. The molecule has 4 heteroatoms. The molecule has 0 radical (unpaired) electrons. The minimum atomic E-state index is -0.0724. The number of pyridine rings is 1. The van der Waals surface area contributed by atoms with E-state index in [1.807, 2.05) is 60.7 Å². The molecule has 1 N–H and O–H groups in total. The molecule has 0 atom stereocenters. The number of nitrogens with one attached hydrogen (secondary N) is 1. The molecule has 4 nitrogen and oxygen atoms in total. The largest absolute Gasteiger partial charge is 0.464 e. The molecule has 29 heavy (non-hydrogen) atoms. The minimum absolute atomic E-state index is 0.0724. The summed E-state index contributed by atoms with van der Waals surface area (Å²) in [6.07, 6.45) is 7.63. The Bertz CT molecular complexity index is 1190. The first-order valence-electron chi connectivity index (χ1n) is 9.55. The average molecular weight is 382 g/mol. The van der Waals surface area contributed by atoms with Crippen LogP contribution in [-0.4, -0.2) is 10.9 Å². The van der Waals surface area contributed by atoms with Gasteiger partial charge in [-0.1, -0.05) is 24.3 Å². The van der Waals surface area contributed by atoms with Crippen molar-refractivity contribution in [3.8, 4) is 0 Å². The lowest BCUT2D eigenvalue weighted by Gasteiger charge is -2.06. The summed E-state index contributed by atoms with van der Waals surface area (Å²) in [5.41, 5.74) is 6.72. The van der Waals surface area contributed by atoms with Crippen LogP contribution in [0.4, 0.5) is 5.69 Å². The Kier molecular flexibility index (Phi) is 5.25. The third-order valence-corrected chi connectivity index (χ3v) is 4.93. The van der Waals surface area contributed by atoms with E-state index < -0.39 is 0 Å². The molecule has 4 rings (SSSR count). The van der Waals surface area contributed by atoms with Crippen LogP contribution in [0.1, 0.15) is 27.9 Å². The summed E-state index contributed by atoms with van der Waals surface area (Å²) in [6, 6.07) is 17.6. The number of carbonyl (C=O) groups excluding carboxylic acids is 1. The zero-order valence-corrected chi connectivity index (χ0v) is 16.5. The van der Waals surface area contributed by atoms with E-state index in [0.717, 1.165) is 33.5 Å². The fourth-order valence-electron chi connectivity index (χ4n) is 3.23. The second kappa shape index (κ2) is 8.15. The summed E-state index contributed by atoms with van der Waals surface area (Å²) < 4.78 is 5.63. The summed E-state index contributed by atoms with van der Waals surface area (Å²) in [5.74, 6) is -0.0724. The van der Waals surface area contributed by atoms with Gasteiger partial charge in [-0.05, 0) is 73.0 Å². The lowest BCUT2D eigenvalue weighted by molar-refractivity contribution is -0.115. The van der Waals surface area contributed by atoms with Gasteiger partial charge in [0.15, 0.2) is 0 Å². The maximum atomic E-state index is 12.6. The summed E-state index contributed by atoms with van der Waals surface area (Å²) >= 11 is 0. The molecule has 0 aliphatic heterocycles. The maximum absolute atomic E-state index is 12.6. The molecular weight excluding hydrogens is 360 g/mol. The Morgan fingerprint density at radius 2 is 1.90 bits per heavy atom. The van der Waals surface area contributed by atoms with Crippen LogP contribution in [-0.2, 0) is 11.2 Å². The van der Waals surface area contributed by atoms with Gasteiger partial charge in [-0.15, -0.1) is 0 Å². The van der Waals surface area contributed by atoms with E-state index in [0.29, 0.717) is 0 Å². The molecule has 0 aliphatic rings. The third kappa shape index (κ3) is 4.43. The highest BCUT2D eigenvalue weighted by Gasteiger charge is 2.12. The van der Waals surface area contributed by atoms with Crippen molar-refractivity contribution in [1.82, 2.24) is 4.98 Å². The first-order valence-corrected chi connectivity index (χ1v) is 9.55. The van der Waals surface area contributed by atoms with Crippen molar-refractivity contribution >= 4 is 34.7 Å². The van der Waals surface area contributed by atoms with Gasteiger partial charge in [0.25, 0.3) is 0 Å². The Balaban J connectivity index is 1.46. The third-order valence-electron chi connectivity index (χ3n) is 4.93. The Morgan fingerprint density at radius 1 is 1.03 bits per heavy atom. The number of benzene rings is 2. The standard InChI is InChI=1S/C25H22N2O2/c1-17-12-23-20(16-29-24(23)13-18(17)2)15-25(28)27-22-8-5-6-19(14-22)9-10-21-7-3-4-11-26-21/h3-14,16H,15H2,1-2H3,(H,27,28)/b10-9+. The van der Waals surface area contributed by atoms with Crippen molar-refractivity contribution in [3.63, 3.8) is 0 Å². The van der Waals surface area contributed by atoms with Crippen molar-refractivity contribution in [2.45, 2.75) is 20.3 Å². The van der Waals surface area contributed by atoms with Gasteiger partial charge in [-0.25, -0.2) is 0 Å². The molecule has 0 spiro atoms. The quantitative estimate of drug-likeness (QED) is 0.475.